The minimum atomic E-state index is -0.131. The Hall–Kier alpha value is -3.19. The molecule has 0 spiro atoms. The van der Waals surface area contributed by atoms with Gasteiger partial charge in [-0.3, -0.25) is 15.5 Å². The summed E-state index contributed by atoms with van der Waals surface area (Å²) in [5.41, 5.74) is 9.91. The second kappa shape index (κ2) is 10.2. The number of hydrogen-bond acceptors (Lipinski definition) is 6. The summed E-state index contributed by atoms with van der Waals surface area (Å²) >= 11 is 0. The highest BCUT2D eigenvalue weighted by Gasteiger charge is 2.21. The van der Waals surface area contributed by atoms with Gasteiger partial charge in [0.25, 0.3) is 5.91 Å². The van der Waals surface area contributed by atoms with E-state index in [1.165, 1.54) is 50.6 Å². The summed E-state index contributed by atoms with van der Waals surface area (Å²) in [6.07, 6.45) is 19.1. The zero-order chi connectivity index (χ0) is 22.5. The van der Waals surface area contributed by atoms with E-state index >= 15 is 0 Å². The average Bonchev–Trinajstić information content (AvgIpc) is 3.38. The minimum absolute atomic E-state index is 0.119. The Kier molecular flexibility index (Phi) is 6.67. The van der Waals surface area contributed by atoms with Crippen molar-refractivity contribution in [3.8, 4) is 0 Å². The summed E-state index contributed by atoms with van der Waals surface area (Å²) in [6.45, 7) is 2.19. The van der Waals surface area contributed by atoms with Gasteiger partial charge < -0.3 is 21.0 Å². The third kappa shape index (κ3) is 5.42. The van der Waals surface area contributed by atoms with Crippen LogP contribution in [0.15, 0.2) is 71.9 Å². The summed E-state index contributed by atoms with van der Waals surface area (Å²) in [6, 6.07) is 8.49. The van der Waals surface area contributed by atoms with E-state index in [0.29, 0.717) is 17.4 Å². The molecular weight excluding hydrogens is 412 g/mol. The van der Waals surface area contributed by atoms with Crippen molar-refractivity contribution in [2.75, 3.05) is 18.0 Å². The molecule has 1 atom stereocenters. The van der Waals surface area contributed by atoms with Gasteiger partial charge >= 0.3 is 0 Å². The predicted octanol–water partition coefficient (Wildman–Crippen LogP) is 3.14. The Morgan fingerprint density at radius 1 is 1.00 bits per heavy atom. The molecule has 1 unspecified atom stereocenters. The first kappa shape index (κ1) is 21.6. The molecule has 3 aliphatic heterocycles. The van der Waals surface area contributed by atoms with Crippen LogP contribution in [0.25, 0.3) is 0 Å². The molecule has 1 aromatic rings. The van der Waals surface area contributed by atoms with Gasteiger partial charge in [-0.25, -0.2) is 0 Å². The molecule has 1 saturated carbocycles. The number of piperidine rings is 1. The van der Waals surface area contributed by atoms with E-state index in [4.69, 9.17) is 0 Å². The number of rotatable bonds is 6. The van der Waals surface area contributed by atoms with Crippen molar-refractivity contribution in [2.45, 2.75) is 57.2 Å². The van der Waals surface area contributed by atoms with Gasteiger partial charge in [-0.15, -0.1) is 0 Å². The molecule has 0 radical (unpaired) electrons. The highest BCUT2D eigenvalue weighted by Crippen LogP contribution is 2.22. The maximum absolute atomic E-state index is 12.8. The fraction of sp³-hybridized carbons (Fsp3) is 0.423. The molecular formula is C26H34N6O. The van der Waals surface area contributed by atoms with Crippen molar-refractivity contribution >= 4 is 11.6 Å². The summed E-state index contributed by atoms with van der Waals surface area (Å²) in [7, 11) is 0. The van der Waals surface area contributed by atoms with Crippen LogP contribution < -0.4 is 31.7 Å². The van der Waals surface area contributed by atoms with E-state index in [2.05, 4.69) is 49.9 Å². The number of nitrogens with zero attached hydrogens (tertiary/aromatic N) is 1. The number of amides is 1. The molecule has 2 fully saturated rings. The van der Waals surface area contributed by atoms with Crippen LogP contribution in [0.2, 0.25) is 0 Å². The van der Waals surface area contributed by atoms with Gasteiger partial charge in [0.05, 0.1) is 6.17 Å². The number of hydrazine groups is 1. The van der Waals surface area contributed by atoms with Crippen molar-refractivity contribution in [1.82, 2.24) is 26.8 Å². The normalized spacial score (nSPS) is 23.0. The zero-order valence-corrected chi connectivity index (χ0v) is 19.1. The van der Waals surface area contributed by atoms with Crippen LogP contribution >= 0.6 is 0 Å². The van der Waals surface area contributed by atoms with Crippen LogP contribution in [0.5, 0.6) is 0 Å². The minimum Gasteiger partial charge on any atom is -0.372 e. The van der Waals surface area contributed by atoms with Crippen molar-refractivity contribution < 1.29 is 4.79 Å². The van der Waals surface area contributed by atoms with Gasteiger partial charge in [0, 0.05) is 47.9 Å². The molecule has 0 bridgehead atoms. The number of allylic oxidation sites excluding steroid dienone is 3. The maximum atomic E-state index is 12.8. The molecule has 1 amide bonds. The lowest BCUT2D eigenvalue weighted by atomic mass is 10.1. The molecule has 5 N–H and O–H groups in total. The first-order valence-corrected chi connectivity index (χ1v) is 12.3. The number of hydrogen-bond donors (Lipinski definition) is 5. The fourth-order valence-corrected chi connectivity index (χ4v) is 4.97. The van der Waals surface area contributed by atoms with E-state index in [1.807, 2.05) is 36.5 Å². The second-order valence-electron chi connectivity index (χ2n) is 9.21. The van der Waals surface area contributed by atoms with E-state index in [9.17, 15) is 4.79 Å². The fourth-order valence-electron chi connectivity index (χ4n) is 4.97. The predicted molar refractivity (Wildman–Crippen MR) is 132 cm³/mol. The molecule has 7 heteroatoms. The molecule has 3 heterocycles. The van der Waals surface area contributed by atoms with E-state index < -0.39 is 0 Å². The van der Waals surface area contributed by atoms with Crippen LogP contribution in [0.4, 0.5) is 5.69 Å². The highest BCUT2D eigenvalue weighted by atomic mass is 16.1. The van der Waals surface area contributed by atoms with E-state index in [0.717, 1.165) is 24.4 Å². The van der Waals surface area contributed by atoms with E-state index in [-0.39, 0.29) is 12.1 Å². The first-order valence-electron chi connectivity index (χ1n) is 12.3. The molecule has 1 aliphatic carbocycles. The second-order valence-corrected chi connectivity index (χ2v) is 9.21. The smallest absolute Gasteiger partial charge is 0.256 e. The standard InChI is InChI=1S/C26H34N6O/c33-26(19-11-13-22(14-12-19)32-15-4-1-5-16-32)30-25-17-20(18-27-31-25)23-9-6-10-24(29-23)28-21-7-2-3-8-21/h6,9-14,17-18,21,24,27-29,31H,1-5,7-8,15-16H2,(H,30,33). The Bertz CT molecular complexity index is 965. The third-order valence-electron chi connectivity index (χ3n) is 6.79. The molecule has 174 valence electrons. The molecule has 33 heavy (non-hydrogen) atoms. The highest BCUT2D eigenvalue weighted by molar-refractivity contribution is 5.95. The van der Waals surface area contributed by atoms with E-state index in [1.54, 1.807) is 0 Å². The topological polar surface area (TPSA) is 80.5 Å². The SMILES string of the molecule is O=C(NC1=CC(C2=CC=CC(NC3CCCC3)N2)=CNN1)c1ccc(N2CCCCC2)cc1. The monoisotopic (exact) mass is 446 g/mol. The van der Waals surface area contributed by atoms with Crippen LogP contribution in [0.3, 0.4) is 0 Å². The molecule has 0 aromatic heterocycles. The number of carbonyl (C=O) groups excluding carboxylic acids is 1. The third-order valence-corrected chi connectivity index (χ3v) is 6.79. The first-order chi connectivity index (χ1) is 16.2. The van der Waals surface area contributed by atoms with Gasteiger partial charge in [-0.2, -0.15) is 0 Å². The summed E-state index contributed by atoms with van der Waals surface area (Å²) in [4.78, 5) is 15.2. The lowest BCUT2D eigenvalue weighted by molar-refractivity contribution is 0.0962. The number of dihydropyridines is 1. The maximum Gasteiger partial charge on any atom is 0.256 e. The van der Waals surface area contributed by atoms with Gasteiger partial charge in [0.1, 0.15) is 5.82 Å². The molecule has 4 aliphatic rings. The van der Waals surface area contributed by atoms with Crippen LogP contribution in [0.1, 0.15) is 55.3 Å². The Morgan fingerprint density at radius 3 is 2.58 bits per heavy atom. The van der Waals surface area contributed by atoms with Crippen molar-refractivity contribution in [1.29, 1.82) is 0 Å². The number of nitrogens with one attached hydrogen (secondary N) is 5. The van der Waals surface area contributed by atoms with Crippen LogP contribution in [-0.2, 0) is 0 Å². The van der Waals surface area contributed by atoms with Crippen LogP contribution in [-0.4, -0.2) is 31.2 Å². The molecule has 7 nitrogen and oxygen atoms in total. The Balaban J connectivity index is 1.19. The Morgan fingerprint density at radius 2 is 1.79 bits per heavy atom. The quantitative estimate of drug-likeness (QED) is 0.462. The van der Waals surface area contributed by atoms with Gasteiger partial charge in [0.15, 0.2) is 0 Å². The summed E-state index contributed by atoms with van der Waals surface area (Å²) in [5, 5.41) is 10.2. The lowest BCUT2D eigenvalue weighted by Gasteiger charge is -2.29. The molecule has 5 rings (SSSR count). The largest absolute Gasteiger partial charge is 0.372 e. The van der Waals surface area contributed by atoms with Crippen LogP contribution in [0, 0.1) is 0 Å². The van der Waals surface area contributed by atoms with Gasteiger partial charge in [0.2, 0.25) is 0 Å². The molecule has 1 saturated heterocycles. The van der Waals surface area contributed by atoms with Crippen molar-refractivity contribution in [2.24, 2.45) is 0 Å². The Labute approximate surface area is 196 Å². The summed E-state index contributed by atoms with van der Waals surface area (Å²) < 4.78 is 0. The number of anilines is 1. The van der Waals surface area contributed by atoms with Crippen molar-refractivity contribution in [3.63, 3.8) is 0 Å². The van der Waals surface area contributed by atoms with Gasteiger partial charge in [-0.05, 0) is 74.6 Å². The number of carbonyl (C=O) groups is 1. The van der Waals surface area contributed by atoms with Crippen molar-refractivity contribution in [3.05, 3.63) is 77.4 Å². The molecule has 1 aromatic carbocycles. The average molecular weight is 447 g/mol. The number of benzene rings is 1. The summed E-state index contributed by atoms with van der Waals surface area (Å²) in [5.74, 6) is 0.489. The lowest BCUT2D eigenvalue weighted by Crippen LogP contribution is -2.46. The van der Waals surface area contributed by atoms with Gasteiger partial charge in [-0.1, -0.05) is 18.9 Å². The zero-order valence-electron chi connectivity index (χ0n) is 19.1.